The van der Waals surface area contributed by atoms with Gasteiger partial charge >= 0.3 is 6.18 Å². The first kappa shape index (κ1) is 26.7. The summed E-state index contributed by atoms with van der Waals surface area (Å²) in [5.41, 5.74) is 2.06. The van der Waals surface area contributed by atoms with Gasteiger partial charge in [-0.25, -0.2) is 0 Å². The van der Waals surface area contributed by atoms with E-state index in [-0.39, 0.29) is 29.6 Å². The van der Waals surface area contributed by atoms with E-state index in [9.17, 15) is 18.0 Å². The highest BCUT2D eigenvalue weighted by Gasteiger charge is 2.43. The molecule has 0 radical (unpaired) electrons. The molecule has 9 nitrogen and oxygen atoms in total. The smallest absolute Gasteiger partial charge is 0.379 e. The number of carbonyl (C=O) groups is 1. The number of ether oxygens (including phenoxy) is 1. The lowest BCUT2D eigenvalue weighted by Crippen LogP contribution is -2.49. The van der Waals surface area contributed by atoms with Crippen LogP contribution in [-0.2, 0) is 56.4 Å². The standard InChI is InChI=1S/C30H30F3N7O2/c1-37-18-34-36-26(37)12-29(16-42-17-29)21-6-3-7-22(11-21)40-15-24-23(28(40)41)9-19(10-25(24)30(31,32)33)14-39-8-4-5-20-13-35-38(2)27(20)39/h3,6-7,9-11,13,18H,4-5,8,12,14-17H2,1-2H3. The molecule has 5 heterocycles. The van der Waals surface area contributed by atoms with Gasteiger partial charge in [0.05, 0.1) is 31.5 Å². The first-order valence-corrected chi connectivity index (χ1v) is 13.9. The summed E-state index contributed by atoms with van der Waals surface area (Å²) in [7, 11) is 3.72. The zero-order valence-corrected chi connectivity index (χ0v) is 23.4. The quantitative estimate of drug-likeness (QED) is 0.342. The molecular weight excluding hydrogens is 547 g/mol. The number of rotatable bonds is 6. The van der Waals surface area contributed by atoms with E-state index in [1.807, 2.05) is 48.0 Å². The van der Waals surface area contributed by atoms with Crippen molar-refractivity contribution < 1.29 is 22.7 Å². The van der Waals surface area contributed by atoms with Gasteiger partial charge in [0.2, 0.25) is 0 Å². The van der Waals surface area contributed by atoms with Crippen LogP contribution in [0.25, 0.3) is 0 Å². The highest BCUT2D eigenvalue weighted by atomic mass is 19.4. The molecule has 1 amide bonds. The first-order valence-electron chi connectivity index (χ1n) is 13.9. The van der Waals surface area contributed by atoms with Crippen LogP contribution >= 0.6 is 0 Å². The zero-order chi connectivity index (χ0) is 29.2. The van der Waals surface area contributed by atoms with Crippen molar-refractivity contribution in [1.29, 1.82) is 0 Å². The molecular formula is C30H30F3N7O2. The normalized spacial score (nSPS) is 17.8. The number of amides is 1. The van der Waals surface area contributed by atoms with Gasteiger partial charge in [-0.15, -0.1) is 10.2 Å². The van der Waals surface area contributed by atoms with Crippen LogP contribution in [0.4, 0.5) is 24.7 Å². The minimum Gasteiger partial charge on any atom is -0.379 e. The SMILES string of the molecule is Cn1cnnc1CC1(c2cccc(N3Cc4c(cc(CN5CCCc6cnn(C)c65)cc4C(F)(F)F)C3=O)c2)COC1. The average molecular weight is 578 g/mol. The molecule has 4 aromatic rings. The van der Waals surface area contributed by atoms with Gasteiger partial charge in [0.15, 0.2) is 0 Å². The van der Waals surface area contributed by atoms with Crippen LogP contribution in [0.3, 0.4) is 0 Å². The van der Waals surface area contributed by atoms with E-state index < -0.39 is 17.6 Å². The molecule has 0 atom stereocenters. The molecule has 0 unspecified atom stereocenters. The number of hydrogen-bond donors (Lipinski definition) is 0. The van der Waals surface area contributed by atoms with Crippen LogP contribution in [0.1, 0.15) is 50.4 Å². The second-order valence-corrected chi connectivity index (χ2v) is 11.6. The van der Waals surface area contributed by atoms with Crippen LogP contribution in [0.15, 0.2) is 48.9 Å². The molecule has 7 rings (SSSR count). The molecule has 3 aliphatic rings. The third-order valence-corrected chi connectivity index (χ3v) is 8.76. The van der Waals surface area contributed by atoms with Gasteiger partial charge in [-0.1, -0.05) is 12.1 Å². The summed E-state index contributed by atoms with van der Waals surface area (Å²) in [6.07, 6.45) is 1.23. The summed E-state index contributed by atoms with van der Waals surface area (Å²) in [4.78, 5) is 17.3. The van der Waals surface area contributed by atoms with Gasteiger partial charge < -0.3 is 19.1 Å². The zero-order valence-electron chi connectivity index (χ0n) is 23.4. The lowest BCUT2D eigenvalue weighted by Gasteiger charge is -2.42. The highest BCUT2D eigenvalue weighted by Crippen LogP contribution is 2.42. The van der Waals surface area contributed by atoms with Crippen LogP contribution in [-0.4, -0.2) is 50.2 Å². The Bertz CT molecular complexity index is 1690. The number of carbonyl (C=O) groups excluding carboxylic acids is 1. The molecule has 12 heteroatoms. The molecule has 2 aromatic carbocycles. The lowest BCUT2D eigenvalue weighted by molar-refractivity contribution is -0.138. The van der Waals surface area contributed by atoms with E-state index in [2.05, 4.69) is 15.3 Å². The van der Waals surface area contributed by atoms with E-state index in [4.69, 9.17) is 4.74 Å². The van der Waals surface area contributed by atoms with Crippen LogP contribution in [0, 0.1) is 0 Å². The Balaban J connectivity index is 1.21. The first-order chi connectivity index (χ1) is 20.1. The Kier molecular flexibility index (Phi) is 6.16. The molecule has 2 aromatic heterocycles. The minimum atomic E-state index is -4.60. The fourth-order valence-electron chi connectivity index (χ4n) is 6.52. The van der Waals surface area contributed by atoms with E-state index in [0.717, 1.165) is 35.6 Å². The summed E-state index contributed by atoms with van der Waals surface area (Å²) in [6.45, 7) is 1.78. The Hall–Kier alpha value is -4.19. The number of anilines is 2. The highest BCUT2D eigenvalue weighted by molar-refractivity contribution is 6.10. The van der Waals surface area contributed by atoms with Crippen LogP contribution < -0.4 is 9.80 Å². The predicted octanol–water partition coefficient (Wildman–Crippen LogP) is 4.19. The van der Waals surface area contributed by atoms with Crippen molar-refractivity contribution in [3.63, 3.8) is 0 Å². The summed E-state index contributed by atoms with van der Waals surface area (Å²) in [5, 5.41) is 12.5. The van der Waals surface area contributed by atoms with Crippen molar-refractivity contribution in [2.75, 3.05) is 29.6 Å². The third kappa shape index (κ3) is 4.36. The maximum atomic E-state index is 14.4. The number of halogens is 3. The molecule has 0 N–H and O–H groups in total. The van der Waals surface area contributed by atoms with Gasteiger partial charge in [-0.2, -0.15) is 18.3 Å². The maximum Gasteiger partial charge on any atom is 0.416 e. The van der Waals surface area contributed by atoms with Crippen LogP contribution in [0.5, 0.6) is 0 Å². The number of nitrogens with zero attached hydrogens (tertiary/aromatic N) is 7. The molecule has 1 fully saturated rings. The van der Waals surface area contributed by atoms with Crippen molar-refractivity contribution in [3.8, 4) is 0 Å². The van der Waals surface area contributed by atoms with Crippen molar-refractivity contribution in [3.05, 3.63) is 88.1 Å². The average Bonchev–Trinajstić information content (AvgIpc) is 3.63. The Morgan fingerprint density at radius 3 is 2.67 bits per heavy atom. The van der Waals surface area contributed by atoms with Gasteiger partial charge in [0.25, 0.3) is 5.91 Å². The van der Waals surface area contributed by atoms with Gasteiger partial charge in [-0.3, -0.25) is 9.48 Å². The molecule has 0 aliphatic carbocycles. The third-order valence-electron chi connectivity index (χ3n) is 8.76. The Morgan fingerprint density at radius 2 is 1.95 bits per heavy atom. The van der Waals surface area contributed by atoms with Crippen LogP contribution in [0.2, 0.25) is 0 Å². The van der Waals surface area contributed by atoms with Crippen molar-refractivity contribution in [2.24, 2.45) is 14.1 Å². The summed E-state index contributed by atoms with van der Waals surface area (Å²) >= 11 is 0. The van der Waals surface area contributed by atoms with E-state index in [0.29, 0.717) is 37.4 Å². The molecule has 0 spiro atoms. The number of benzene rings is 2. The number of aryl methyl sites for hydroxylation is 3. The molecule has 42 heavy (non-hydrogen) atoms. The molecule has 218 valence electrons. The second-order valence-electron chi connectivity index (χ2n) is 11.6. The maximum absolute atomic E-state index is 14.4. The largest absolute Gasteiger partial charge is 0.416 e. The molecule has 3 aliphatic heterocycles. The van der Waals surface area contributed by atoms with Crippen molar-refractivity contribution >= 4 is 17.4 Å². The Labute approximate surface area is 240 Å². The van der Waals surface area contributed by atoms with Gasteiger partial charge in [0, 0.05) is 55.8 Å². The number of aromatic nitrogens is 5. The van der Waals surface area contributed by atoms with Gasteiger partial charge in [-0.05, 0) is 53.8 Å². The molecule has 0 bridgehead atoms. The van der Waals surface area contributed by atoms with Crippen molar-refractivity contribution in [1.82, 2.24) is 24.5 Å². The fourth-order valence-corrected chi connectivity index (χ4v) is 6.52. The van der Waals surface area contributed by atoms with E-state index >= 15 is 0 Å². The molecule has 0 saturated carbocycles. The summed E-state index contributed by atoms with van der Waals surface area (Å²) in [5.74, 6) is 1.29. The minimum absolute atomic E-state index is 0.0160. The number of alkyl halides is 3. The number of fused-ring (bicyclic) bond motifs is 2. The van der Waals surface area contributed by atoms with Gasteiger partial charge in [0.1, 0.15) is 18.0 Å². The predicted molar refractivity (Wildman–Crippen MR) is 148 cm³/mol. The lowest BCUT2D eigenvalue weighted by atomic mass is 9.75. The fraction of sp³-hybridized carbons (Fsp3) is 0.400. The summed E-state index contributed by atoms with van der Waals surface area (Å²) < 4.78 is 52.5. The topological polar surface area (TPSA) is 81.3 Å². The van der Waals surface area contributed by atoms with Crippen molar-refractivity contribution in [2.45, 2.75) is 43.9 Å². The Morgan fingerprint density at radius 1 is 1.12 bits per heavy atom. The second kappa shape index (κ2) is 9.69. The summed E-state index contributed by atoms with van der Waals surface area (Å²) in [6, 6.07) is 10.3. The van der Waals surface area contributed by atoms with E-state index in [1.54, 1.807) is 23.1 Å². The number of hydrogen-bond acceptors (Lipinski definition) is 6. The monoisotopic (exact) mass is 577 g/mol. The molecule has 1 saturated heterocycles. The van der Waals surface area contributed by atoms with E-state index in [1.165, 1.54) is 11.0 Å².